The number of benzene rings is 1. The highest BCUT2D eigenvalue weighted by molar-refractivity contribution is 5.82. The Balaban J connectivity index is 2.79. The fourth-order valence-electron chi connectivity index (χ4n) is 2.00. The minimum absolute atomic E-state index is 0.0545. The molecule has 0 unspecified atom stereocenters. The fourth-order valence-corrected chi connectivity index (χ4v) is 2.00. The second-order valence-electron chi connectivity index (χ2n) is 6.16. The van der Waals surface area contributed by atoms with Crippen molar-refractivity contribution in [1.29, 1.82) is 0 Å². The lowest BCUT2D eigenvalue weighted by Crippen LogP contribution is -2.40. The van der Waals surface area contributed by atoms with Crippen molar-refractivity contribution in [3.8, 4) is 0 Å². The number of hydrogen-bond donors (Lipinski definition) is 0. The second-order valence-corrected chi connectivity index (χ2v) is 6.16. The molecule has 0 fully saturated rings. The maximum absolute atomic E-state index is 13.0. The molecular weight excluding hydrogens is 285 g/mol. The van der Waals surface area contributed by atoms with Crippen LogP contribution in [-0.4, -0.2) is 29.9 Å². The standard InChI is InChI=1S/C17H24FNO3/c1-5-22-15(20)10-11-19(16(21)17(2,3)4)12-13-6-8-14(18)9-7-13/h6-9H,5,10-12H2,1-4H3. The van der Waals surface area contributed by atoms with E-state index >= 15 is 0 Å². The minimum atomic E-state index is -0.547. The monoisotopic (exact) mass is 309 g/mol. The summed E-state index contributed by atoms with van der Waals surface area (Å²) in [6.45, 7) is 8.19. The van der Waals surface area contributed by atoms with Gasteiger partial charge in [-0.3, -0.25) is 9.59 Å². The molecule has 0 saturated heterocycles. The number of esters is 1. The van der Waals surface area contributed by atoms with Crippen molar-refractivity contribution < 1.29 is 18.7 Å². The summed E-state index contributed by atoms with van der Waals surface area (Å²) in [6, 6.07) is 6.01. The zero-order valence-electron chi connectivity index (χ0n) is 13.7. The molecule has 0 heterocycles. The van der Waals surface area contributed by atoms with Crippen molar-refractivity contribution in [2.75, 3.05) is 13.2 Å². The van der Waals surface area contributed by atoms with Crippen LogP contribution in [0, 0.1) is 11.2 Å². The van der Waals surface area contributed by atoms with Crippen molar-refractivity contribution >= 4 is 11.9 Å². The van der Waals surface area contributed by atoms with E-state index in [1.54, 1.807) is 24.0 Å². The third-order valence-corrected chi connectivity index (χ3v) is 3.11. The molecule has 0 radical (unpaired) electrons. The Bertz CT molecular complexity index is 506. The van der Waals surface area contributed by atoms with Crippen LogP contribution in [0.4, 0.5) is 4.39 Å². The lowest BCUT2D eigenvalue weighted by atomic mass is 9.94. The minimum Gasteiger partial charge on any atom is -0.466 e. The van der Waals surface area contributed by atoms with E-state index in [-0.39, 0.29) is 30.7 Å². The number of amides is 1. The fraction of sp³-hybridized carbons (Fsp3) is 0.529. The van der Waals surface area contributed by atoms with Gasteiger partial charge in [0.05, 0.1) is 13.0 Å². The van der Waals surface area contributed by atoms with Gasteiger partial charge < -0.3 is 9.64 Å². The Kier molecular flexibility index (Phi) is 6.53. The Hall–Kier alpha value is -1.91. The van der Waals surface area contributed by atoms with Gasteiger partial charge >= 0.3 is 5.97 Å². The van der Waals surface area contributed by atoms with Crippen molar-refractivity contribution in [1.82, 2.24) is 4.90 Å². The molecule has 5 heteroatoms. The summed E-state index contributed by atoms with van der Waals surface area (Å²) in [7, 11) is 0. The van der Waals surface area contributed by atoms with Crippen LogP contribution in [0.15, 0.2) is 24.3 Å². The van der Waals surface area contributed by atoms with Gasteiger partial charge in [-0.15, -0.1) is 0 Å². The van der Waals surface area contributed by atoms with Gasteiger partial charge in [-0.25, -0.2) is 4.39 Å². The van der Waals surface area contributed by atoms with Crippen LogP contribution in [0.3, 0.4) is 0 Å². The molecule has 122 valence electrons. The predicted molar refractivity (Wildman–Crippen MR) is 82.5 cm³/mol. The summed E-state index contributed by atoms with van der Waals surface area (Å²) >= 11 is 0. The molecule has 1 rings (SSSR count). The zero-order valence-corrected chi connectivity index (χ0v) is 13.7. The Labute approximate surface area is 131 Å². The molecule has 0 aromatic heterocycles. The lowest BCUT2D eigenvalue weighted by Gasteiger charge is -2.29. The average molecular weight is 309 g/mol. The first-order valence-corrected chi connectivity index (χ1v) is 7.43. The van der Waals surface area contributed by atoms with Gasteiger partial charge in [0.15, 0.2) is 0 Å². The summed E-state index contributed by atoms with van der Waals surface area (Å²) in [5.74, 6) is -0.696. The number of carbonyl (C=O) groups is 2. The van der Waals surface area contributed by atoms with Gasteiger partial charge in [0, 0.05) is 18.5 Å². The third kappa shape index (κ3) is 5.84. The molecule has 0 aliphatic rings. The van der Waals surface area contributed by atoms with Crippen molar-refractivity contribution in [3.63, 3.8) is 0 Å². The highest BCUT2D eigenvalue weighted by atomic mass is 19.1. The summed E-state index contributed by atoms with van der Waals surface area (Å²) in [5, 5.41) is 0. The van der Waals surface area contributed by atoms with E-state index in [1.165, 1.54) is 12.1 Å². The van der Waals surface area contributed by atoms with E-state index in [0.717, 1.165) is 5.56 Å². The van der Waals surface area contributed by atoms with E-state index in [4.69, 9.17) is 4.74 Å². The molecule has 1 aromatic rings. The summed E-state index contributed by atoms with van der Waals surface area (Å²) < 4.78 is 17.9. The highest BCUT2D eigenvalue weighted by Crippen LogP contribution is 2.20. The molecule has 0 spiro atoms. The molecule has 0 atom stereocenters. The van der Waals surface area contributed by atoms with E-state index in [0.29, 0.717) is 13.2 Å². The van der Waals surface area contributed by atoms with E-state index in [1.807, 2.05) is 20.8 Å². The molecule has 0 aliphatic heterocycles. The number of ether oxygens (including phenoxy) is 1. The van der Waals surface area contributed by atoms with Crippen LogP contribution in [0.5, 0.6) is 0 Å². The van der Waals surface area contributed by atoms with Crippen molar-refractivity contribution in [2.45, 2.75) is 40.7 Å². The first kappa shape index (κ1) is 18.1. The van der Waals surface area contributed by atoms with Crippen LogP contribution in [0.2, 0.25) is 0 Å². The molecule has 1 aromatic carbocycles. The van der Waals surface area contributed by atoms with Gasteiger partial charge in [-0.1, -0.05) is 32.9 Å². The van der Waals surface area contributed by atoms with Crippen LogP contribution in [0.25, 0.3) is 0 Å². The molecule has 0 aliphatic carbocycles. The average Bonchev–Trinajstić information content (AvgIpc) is 2.44. The predicted octanol–water partition coefficient (Wildman–Crippen LogP) is 3.15. The number of halogens is 1. The van der Waals surface area contributed by atoms with E-state index < -0.39 is 5.41 Å². The molecule has 22 heavy (non-hydrogen) atoms. The summed E-state index contributed by atoms with van der Waals surface area (Å²) in [5.41, 5.74) is 0.275. The first-order chi connectivity index (χ1) is 10.2. The van der Waals surface area contributed by atoms with Gasteiger partial charge in [0.1, 0.15) is 5.82 Å². The van der Waals surface area contributed by atoms with Gasteiger partial charge in [0.2, 0.25) is 5.91 Å². The SMILES string of the molecule is CCOC(=O)CCN(Cc1ccc(F)cc1)C(=O)C(C)(C)C. The first-order valence-electron chi connectivity index (χ1n) is 7.43. The van der Waals surface area contributed by atoms with Crippen LogP contribution < -0.4 is 0 Å². The highest BCUT2D eigenvalue weighted by Gasteiger charge is 2.27. The van der Waals surface area contributed by atoms with E-state index in [2.05, 4.69) is 0 Å². The number of hydrogen-bond acceptors (Lipinski definition) is 3. The summed E-state index contributed by atoms with van der Waals surface area (Å²) in [4.78, 5) is 25.6. The van der Waals surface area contributed by atoms with Gasteiger partial charge in [-0.2, -0.15) is 0 Å². The molecule has 0 saturated carbocycles. The quantitative estimate of drug-likeness (QED) is 0.758. The number of rotatable bonds is 6. The molecule has 0 N–H and O–H groups in total. The smallest absolute Gasteiger partial charge is 0.307 e. The largest absolute Gasteiger partial charge is 0.466 e. The van der Waals surface area contributed by atoms with Crippen molar-refractivity contribution in [2.24, 2.45) is 5.41 Å². The van der Waals surface area contributed by atoms with Crippen LogP contribution in [-0.2, 0) is 20.9 Å². The van der Waals surface area contributed by atoms with Gasteiger partial charge in [0.25, 0.3) is 0 Å². The Morgan fingerprint density at radius 2 is 1.77 bits per heavy atom. The topological polar surface area (TPSA) is 46.6 Å². The summed E-state index contributed by atoms with van der Waals surface area (Å²) in [6.07, 6.45) is 0.150. The van der Waals surface area contributed by atoms with Gasteiger partial charge in [-0.05, 0) is 24.6 Å². The second kappa shape index (κ2) is 7.92. The Morgan fingerprint density at radius 1 is 1.18 bits per heavy atom. The van der Waals surface area contributed by atoms with Crippen molar-refractivity contribution in [3.05, 3.63) is 35.6 Å². The molecule has 1 amide bonds. The molecule has 0 bridgehead atoms. The molecule has 4 nitrogen and oxygen atoms in total. The maximum Gasteiger partial charge on any atom is 0.307 e. The van der Waals surface area contributed by atoms with Crippen LogP contribution in [0.1, 0.15) is 39.7 Å². The number of carbonyl (C=O) groups excluding carboxylic acids is 2. The van der Waals surface area contributed by atoms with Crippen LogP contribution >= 0.6 is 0 Å². The zero-order chi connectivity index (χ0) is 16.8. The third-order valence-electron chi connectivity index (χ3n) is 3.11. The number of nitrogens with zero attached hydrogens (tertiary/aromatic N) is 1. The lowest BCUT2D eigenvalue weighted by molar-refractivity contribution is -0.145. The molecular formula is C17H24FNO3. The Morgan fingerprint density at radius 3 is 2.27 bits per heavy atom. The normalized spacial score (nSPS) is 11.1. The maximum atomic E-state index is 13.0. The van der Waals surface area contributed by atoms with E-state index in [9.17, 15) is 14.0 Å².